The number of rotatable bonds is 11. The lowest BCUT2D eigenvalue weighted by Crippen LogP contribution is -2.68. The van der Waals surface area contributed by atoms with Gasteiger partial charge in [0.05, 0.1) is 19.5 Å². The molecule has 0 aromatic carbocycles. The zero-order valence-electron chi connectivity index (χ0n) is 63.3. The summed E-state index contributed by atoms with van der Waals surface area (Å²) in [4.78, 5) is 193. The molecular formula is C74H117F5N12O12. The molecule has 2 saturated heterocycles. The van der Waals surface area contributed by atoms with E-state index in [1.807, 2.05) is 26.8 Å². The minimum absolute atomic E-state index is 0.0231. The molecule has 24 nitrogen and oxygen atoms in total. The largest absolute Gasteiger partial charge is 0.397 e. The fourth-order valence-corrected chi connectivity index (χ4v) is 16.9. The van der Waals surface area contributed by atoms with Crippen LogP contribution in [0.4, 0.5) is 22.0 Å². The monoisotopic (exact) mass is 1460 g/mol. The number of hydrogen-bond donors (Lipinski definition) is 2. The Morgan fingerprint density at radius 1 is 0.631 bits per heavy atom. The van der Waals surface area contributed by atoms with Crippen molar-refractivity contribution in [1.82, 2.24) is 59.6 Å². The number of carbonyl (C=O) groups is 12. The predicted octanol–water partition coefficient (Wildman–Crippen LogP) is 6.14. The molecule has 0 radical (unpaired) electrons. The van der Waals surface area contributed by atoms with Gasteiger partial charge in [0, 0.05) is 76.5 Å². The quantitative estimate of drug-likeness (QED) is 0.175. The van der Waals surface area contributed by atoms with E-state index in [1.54, 1.807) is 13.0 Å². The molecule has 3 aliphatic heterocycles. The molecule has 1 spiro atoms. The van der Waals surface area contributed by atoms with Gasteiger partial charge in [0.1, 0.15) is 72.1 Å². The average molecular weight is 1460 g/mol. The summed E-state index contributed by atoms with van der Waals surface area (Å²) in [5.74, 6) is -12.7. The number of nitrogens with zero attached hydrogens (tertiary/aromatic N) is 10. The molecule has 0 aromatic heterocycles. The summed E-state index contributed by atoms with van der Waals surface area (Å²) in [6.45, 7) is 8.18. The van der Waals surface area contributed by atoms with E-state index in [-0.39, 0.29) is 82.7 Å². The Hall–Kier alpha value is -6.97. The summed E-state index contributed by atoms with van der Waals surface area (Å²) >= 11 is 0. The van der Waals surface area contributed by atoms with Gasteiger partial charge in [-0.3, -0.25) is 57.5 Å². The minimum Gasteiger partial charge on any atom is -0.347 e. The van der Waals surface area contributed by atoms with Crippen molar-refractivity contribution in [3.05, 3.63) is 12.2 Å². The highest BCUT2D eigenvalue weighted by molar-refractivity contribution is 6.01. The first kappa shape index (κ1) is 83.3. The van der Waals surface area contributed by atoms with Crippen LogP contribution in [-0.4, -0.2) is 282 Å². The zero-order valence-corrected chi connectivity index (χ0v) is 63.3. The molecular weight excluding hydrogens is 1340 g/mol. The second kappa shape index (κ2) is 35.9. The lowest BCUT2D eigenvalue weighted by Gasteiger charge is -2.51. The van der Waals surface area contributed by atoms with Crippen molar-refractivity contribution in [3.8, 4) is 0 Å². The number of alkyl halides is 5. The number of halogens is 5. The lowest BCUT2D eigenvalue weighted by molar-refractivity contribution is -0.219. The van der Waals surface area contributed by atoms with Crippen molar-refractivity contribution in [1.29, 1.82) is 0 Å². The smallest absolute Gasteiger partial charge is 0.347 e. The molecule has 2 N–H and O–H groups in total. The maximum atomic E-state index is 15.6. The summed E-state index contributed by atoms with van der Waals surface area (Å²) in [6, 6.07) is -10.3. The van der Waals surface area contributed by atoms with Crippen LogP contribution < -0.4 is 10.6 Å². The predicted molar refractivity (Wildman–Crippen MR) is 375 cm³/mol. The molecule has 7 rings (SSSR count). The van der Waals surface area contributed by atoms with Crippen LogP contribution in [0, 0.1) is 41.4 Å². The molecule has 6 fully saturated rings. The van der Waals surface area contributed by atoms with Gasteiger partial charge in [-0.15, -0.1) is 0 Å². The molecule has 0 aromatic rings. The first-order valence-corrected chi connectivity index (χ1v) is 37.6. The van der Waals surface area contributed by atoms with Crippen molar-refractivity contribution in [3.63, 3.8) is 0 Å². The number of hydrogen-bond acceptors (Lipinski definition) is 12. The van der Waals surface area contributed by atoms with Crippen LogP contribution in [0.25, 0.3) is 0 Å². The first-order valence-electron chi connectivity index (χ1n) is 37.6. The standard InChI is InChI=1S/C74H117F5N12O12/c1-15-46(5)62-70(101)84(9)43-60(94)85(10)53-25-17-16-20-35-91(69(53)100)57(40-47-29-27-45(4)28-30-47)67(98)83(8)42-58(92)80-52(32-31-48-38-50(75)61(51(76)39-48)74(77,78)79)65(96)90-36-21-26-54(90)68(99)89(14)73(33-22-34-73)72(103)88(13)63(49-23-18-19-24-49)71(102)87(12)56(66(97)82(6)7)41-59(93)86(11)55(37-44(2)3)64(95)81-62/h16-17,44-57,61-63H,15,18-43H2,1-14H3,(H,80,92)(H,81,95)/b17-16-/t45?,46-,47?,48?,50?,51?,52-,53-,54-,55-,56-,57-,61?,62-,63-/m0/s1. The van der Waals surface area contributed by atoms with E-state index in [9.17, 15) is 41.9 Å². The van der Waals surface area contributed by atoms with Gasteiger partial charge >= 0.3 is 6.18 Å². The molecule has 3 heterocycles. The number of amides is 12. The molecule has 11 atom stereocenters. The summed E-state index contributed by atoms with van der Waals surface area (Å²) in [5.41, 5.74) is -1.55. The Morgan fingerprint density at radius 2 is 1.25 bits per heavy atom. The third-order valence-electron chi connectivity index (χ3n) is 23.9. The number of likely N-dealkylation sites (N-methyl/N-ethyl adjacent to an activating group) is 8. The normalized spacial score (nSPS) is 32.2. The molecule has 103 heavy (non-hydrogen) atoms. The van der Waals surface area contributed by atoms with E-state index in [2.05, 4.69) is 17.6 Å². The van der Waals surface area contributed by atoms with Crippen molar-refractivity contribution < 1.29 is 79.5 Å². The van der Waals surface area contributed by atoms with Gasteiger partial charge in [-0.25, -0.2) is 8.78 Å². The Bertz CT molecular complexity index is 3070. The summed E-state index contributed by atoms with van der Waals surface area (Å²) in [5, 5.41) is 5.64. The van der Waals surface area contributed by atoms with Crippen LogP contribution in [0.5, 0.6) is 0 Å². The summed E-state index contributed by atoms with van der Waals surface area (Å²) in [6.07, 6.45) is -1.41. The van der Waals surface area contributed by atoms with Crippen molar-refractivity contribution in [2.45, 2.75) is 255 Å². The van der Waals surface area contributed by atoms with Crippen LogP contribution in [0.2, 0.25) is 0 Å². The van der Waals surface area contributed by atoms with E-state index >= 15 is 37.5 Å². The second-order valence-electron chi connectivity index (χ2n) is 31.7. The first-order chi connectivity index (χ1) is 48.4. The van der Waals surface area contributed by atoms with E-state index < -0.39 is 199 Å². The zero-order chi connectivity index (χ0) is 76.4. The van der Waals surface area contributed by atoms with Crippen LogP contribution >= 0.6 is 0 Å². The summed E-state index contributed by atoms with van der Waals surface area (Å²) in [7, 11) is 12.8. The molecule has 580 valence electrons. The van der Waals surface area contributed by atoms with Crippen molar-refractivity contribution in [2.24, 2.45) is 41.4 Å². The maximum Gasteiger partial charge on any atom is 0.397 e. The van der Waals surface area contributed by atoms with Gasteiger partial charge < -0.3 is 59.6 Å². The van der Waals surface area contributed by atoms with Gasteiger partial charge in [-0.05, 0) is 132 Å². The van der Waals surface area contributed by atoms with E-state index in [4.69, 9.17) is 0 Å². The molecule has 29 heteroatoms. The second-order valence-corrected chi connectivity index (χ2v) is 31.7. The van der Waals surface area contributed by atoms with Crippen LogP contribution in [0.1, 0.15) is 182 Å². The lowest BCUT2D eigenvalue weighted by atomic mass is 9.73. The molecule has 2 bridgehead atoms. The Labute approximate surface area is 605 Å². The molecule has 4 saturated carbocycles. The Morgan fingerprint density at radius 3 is 1.83 bits per heavy atom. The number of nitrogens with one attached hydrogen (secondary N) is 2. The highest BCUT2D eigenvalue weighted by atomic mass is 19.4. The molecule has 7 aliphatic rings. The van der Waals surface area contributed by atoms with Gasteiger partial charge in [-0.2, -0.15) is 13.2 Å². The third-order valence-corrected chi connectivity index (χ3v) is 23.9. The number of carbonyl (C=O) groups excluding carboxylic acids is 12. The highest BCUT2D eigenvalue weighted by Crippen LogP contribution is 2.46. The fraction of sp³-hybridized carbons (Fsp3) is 0.811. The Balaban J connectivity index is 1.30. The summed E-state index contributed by atoms with van der Waals surface area (Å²) < 4.78 is 72.6. The average Bonchev–Trinajstić information content (AvgIpc) is 1.70. The fourth-order valence-electron chi connectivity index (χ4n) is 16.9. The minimum atomic E-state index is -5.16. The van der Waals surface area contributed by atoms with Gasteiger partial charge in [0.2, 0.25) is 70.9 Å². The van der Waals surface area contributed by atoms with E-state index in [0.29, 0.717) is 38.0 Å². The van der Waals surface area contributed by atoms with Gasteiger partial charge in [0.15, 0.2) is 0 Å². The maximum absolute atomic E-state index is 15.6. The topological polar surface area (TPSA) is 261 Å². The van der Waals surface area contributed by atoms with E-state index in [1.165, 1.54) is 103 Å². The third kappa shape index (κ3) is 19.6. The molecule has 12 amide bonds. The number of fused-ring (bicyclic) bond motifs is 3. The van der Waals surface area contributed by atoms with Crippen molar-refractivity contribution >= 4 is 70.9 Å². The van der Waals surface area contributed by atoms with Gasteiger partial charge in [0.25, 0.3) is 0 Å². The highest BCUT2D eigenvalue weighted by Gasteiger charge is 2.57. The molecule has 2 unspecified atom stereocenters. The van der Waals surface area contributed by atoms with Crippen molar-refractivity contribution in [2.75, 3.05) is 89.6 Å². The SMILES string of the molecule is CC[C@H](C)[C@@H]1NC(=O)[C@H](CC(C)C)N(C)C(=O)C[C@@H](C(=O)N(C)C)N(C)C(=O)[C@H](C2CCCC2)N(C)C(=O)C2(CCC2)N(C)C(=O)[C@@H]2CCCN2C(=O)[C@H](CCC2CC(F)C(C(F)(F)F)C(F)C2)NC(=O)CN(C)C(=O)[C@H](CC2CCC(C)CC2)N2CC/C=C\C[C@@H](C2=O)N(C)C(=O)CN(C)C1=O. The van der Waals surface area contributed by atoms with E-state index in [0.717, 1.165) is 48.3 Å². The molecule has 4 aliphatic carbocycles. The van der Waals surface area contributed by atoms with Crippen LogP contribution in [0.3, 0.4) is 0 Å². The van der Waals surface area contributed by atoms with Crippen LogP contribution in [-0.2, 0) is 57.5 Å². The van der Waals surface area contributed by atoms with Crippen LogP contribution in [0.15, 0.2) is 12.2 Å². The Kier molecular flexibility index (Phi) is 29.0. The van der Waals surface area contributed by atoms with Gasteiger partial charge in [-0.1, -0.05) is 91.7 Å².